The largest absolute Gasteiger partial charge is 0.497 e. The molecular weight excluding hydrogens is 278 g/mol. The van der Waals surface area contributed by atoms with E-state index < -0.39 is 0 Å². The van der Waals surface area contributed by atoms with Gasteiger partial charge in [0.25, 0.3) is 0 Å². The first-order valence-corrected chi connectivity index (χ1v) is 7.80. The molecule has 5 nitrogen and oxygen atoms in total. The zero-order chi connectivity index (χ0) is 16.4. The maximum absolute atomic E-state index is 5.68. The van der Waals surface area contributed by atoms with Crippen molar-refractivity contribution in [2.45, 2.75) is 33.2 Å². The van der Waals surface area contributed by atoms with Gasteiger partial charge < -0.3 is 20.1 Å². The normalized spacial score (nSPS) is 12.9. The molecule has 0 aliphatic carbocycles. The molecule has 0 radical (unpaired) electrons. The standard InChI is InChI=1S/C17H29N3O2/c1-13(2)14(3)20-17(18-4)19-11-6-12-22-16-9-7-15(21-5)8-10-16/h7-10,13-14H,6,11-12H2,1-5H3,(H2,18,19,20). The van der Waals surface area contributed by atoms with Gasteiger partial charge in [-0.1, -0.05) is 13.8 Å². The lowest BCUT2D eigenvalue weighted by atomic mass is 10.1. The van der Waals surface area contributed by atoms with Crippen LogP contribution < -0.4 is 20.1 Å². The molecule has 1 aromatic rings. The quantitative estimate of drug-likeness (QED) is 0.440. The molecule has 0 aliphatic heterocycles. The van der Waals surface area contributed by atoms with Gasteiger partial charge in [-0.3, -0.25) is 4.99 Å². The third-order valence-corrected chi connectivity index (χ3v) is 3.53. The maximum Gasteiger partial charge on any atom is 0.191 e. The highest BCUT2D eigenvalue weighted by Gasteiger charge is 2.08. The number of guanidine groups is 1. The van der Waals surface area contributed by atoms with E-state index in [1.807, 2.05) is 24.3 Å². The number of aliphatic imine (C=N–C) groups is 1. The Bertz CT molecular complexity index is 444. The Kier molecular flexibility index (Phi) is 8.18. The van der Waals surface area contributed by atoms with Gasteiger partial charge >= 0.3 is 0 Å². The maximum atomic E-state index is 5.68. The van der Waals surface area contributed by atoms with E-state index in [4.69, 9.17) is 9.47 Å². The van der Waals surface area contributed by atoms with Gasteiger partial charge in [-0.05, 0) is 43.5 Å². The van der Waals surface area contributed by atoms with E-state index in [-0.39, 0.29) is 0 Å². The van der Waals surface area contributed by atoms with Gasteiger partial charge in [0.05, 0.1) is 13.7 Å². The summed E-state index contributed by atoms with van der Waals surface area (Å²) < 4.78 is 10.8. The van der Waals surface area contributed by atoms with Gasteiger partial charge in [0.2, 0.25) is 0 Å². The molecule has 0 heterocycles. The molecule has 124 valence electrons. The van der Waals surface area contributed by atoms with E-state index in [0.29, 0.717) is 18.6 Å². The Hall–Kier alpha value is -1.91. The molecule has 0 spiro atoms. The van der Waals surface area contributed by atoms with Crippen LogP contribution in [0.4, 0.5) is 0 Å². The third kappa shape index (κ3) is 6.70. The van der Waals surface area contributed by atoms with Crippen molar-refractivity contribution in [1.29, 1.82) is 0 Å². The van der Waals surface area contributed by atoms with Gasteiger partial charge in [0.1, 0.15) is 11.5 Å². The highest BCUT2D eigenvalue weighted by Crippen LogP contribution is 2.16. The van der Waals surface area contributed by atoms with Crippen LogP contribution in [0.1, 0.15) is 27.2 Å². The van der Waals surface area contributed by atoms with Crippen LogP contribution in [0.2, 0.25) is 0 Å². The van der Waals surface area contributed by atoms with Gasteiger partial charge in [0.15, 0.2) is 5.96 Å². The lowest BCUT2D eigenvalue weighted by Gasteiger charge is -2.20. The predicted octanol–water partition coefficient (Wildman–Crippen LogP) is 2.67. The van der Waals surface area contributed by atoms with Crippen molar-refractivity contribution >= 4 is 5.96 Å². The van der Waals surface area contributed by atoms with Crippen LogP contribution in [0.15, 0.2) is 29.3 Å². The second-order valence-corrected chi connectivity index (χ2v) is 5.55. The van der Waals surface area contributed by atoms with Crippen LogP contribution in [0, 0.1) is 5.92 Å². The summed E-state index contributed by atoms with van der Waals surface area (Å²) in [6.07, 6.45) is 0.906. The number of methoxy groups -OCH3 is 1. The molecule has 5 heteroatoms. The number of nitrogens with zero attached hydrogens (tertiary/aromatic N) is 1. The number of rotatable bonds is 8. The molecule has 1 atom stereocenters. The molecule has 22 heavy (non-hydrogen) atoms. The summed E-state index contributed by atoms with van der Waals surface area (Å²) >= 11 is 0. The monoisotopic (exact) mass is 307 g/mol. The second kappa shape index (κ2) is 9.92. The van der Waals surface area contributed by atoms with Crippen LogP contribution >= 0.6 is 0 Å². The van der Waals surface area contributed by atoms with Crippen molar-refractivity contribution in [1.82, 2.24) is 10.6 Å². The fourth-order valence-electron chi connectivity index (χ4n) is 1.72. The number of hydrogen-bond donors (Lipinski definition) is 2. The van der Waals surface area contributed by atoms with Crippen LogP contribution in [-0.2, 0) is 0 Å². The van der Waals surface area contributed by atoms with Crippen LogP contribution in [0.5, 0.6) is 11.5 Å². The molecule has 1 aromatic carbocycles. The van der Waals surface area contributed by atoms with Crippen molar-refractivity contribution < 1.29 is 9.47 Å². The summed E-state index contributed by atoms with van der Waals surface area (Å²) in [7, 11) is 3.44. The first kappa shape index (κ1) is 18.1. The Morgan fingerprint density at radius 2 is 1.77 bits per heavy atom. The average molecular weight is 307 g/mol. The number of nitrogens with one attached hydrogen (secondary N) is 2. The minimum Gasteiger partial charge on any atom is -0.497 e. The van der Waals surface area contributed by atoms with Gasteiger partial charge in [-0.15, -0.1) is 0 Å². The van der Waals surface area contributed by atoms with Crippen LogP contribution in [0.25, 0.3) is 0 Å². The van der Waals surface area contributed by atoms with Crippen molar-refractivity contribution in [3.05, 3.63) is 24.3 Å². The van der Waals surface area contributed by atoms with Gasteiger partial charge in [-0.25, -0.2) is 0 Å². The summed E-state index contributed by atoms with van der Waals surface area (Å²) in [4.78, 5) is 4.23. The summed E-state index contributed by atoms with van der Waals surface area (Å²) in [5.74, 6) is 3.10. The molecule has 0 aliphatic rings. The zero-order valence-corrected chi connectivity index (χ0v) is 14.3. The van der Waals surface area contributed by atoms with Crippen molar-refractivity contribution in [2.75, 3.05) is 27.3 Å². The fourth-order valence-corrected chi connectivity index (χ4v) is 1.72. The molecule has 0 saturated heterocycles. The molecule has 0 bridgehead atoms. The highest BCUT2D eigenvalue weighted by atomic mass is 16.5. The smallest absolute Gasteiger partial charge is 0.191 e. The van der Waals surface area contributed by atoms with Gasteiger partial charge in [0, 0.05) is 19.6 Å². The van der Waals surface area contributed by atoms with Crippen molar-refractivity contribution in [3.8, 4) is 11.5 Å². The summed E-state index contributed by atoms with van der Waals surface area (Å²) in [5.41, 5.74) is 0. The molecule has 0 amide bonds. The van der Waals surface area contributed by atoms with Crippen molar-refractivity contribution in [3.63, 3.8) is 0 Å². The fraction of sp³-hybridized carbons (Fsp3) is 0.588. The summed E-state index contributed by atoms with van der Waals surface area (Å²) in [5, 5.41) is 6.67. The molecule has 2 N–H and O–H groups in total. The van der Waals surface area contributed by atoms with Crippen molar-refractivity contribution in [2.24, 2.45) is 10.9 Å². The lowest BCUT2D eigenvalue weighted by Crippen LogP contribution is -2.44. The third-order valence-electron chi connectivity index (χ3n) is 3.53. The number of benzene rings is 1. The van der Waals surface area contributed by atoms with Crippen LogP contribution in [-0.4, -0.2) is 39.3 Å². The van der Waals surface area contributed by atoms with E-state index in [0.717, 1.165) is 30.4 Å². The predicted molar refractivity (Wildman–Crippen MR) is 91.9 cm³/mol. The van der Waals surface area contributed by atoms with E-state index in [1.165, 1.54) is 0 Å². The first-order valence-electron chi connectivity index (χ1n) is 7.80. The number of hydrogen-bond acceptors (Lipinski definition) is 3. The average Bonchev–Trinajstić information content (AvgIpc) is 2.53. The Morgan fingerprint density at radius 3 is 2.32 bits per heavy atom. The van der Waals surface area contributed by atoms with Crippen LogP contribution in [0.3, 0.4) is 0 Å². The van der Waals surface area contributed by atoms with E-state index in [1.54, 1.807) is 14.2 Å². The Labute approximate surface area is 134 Å². The molecule has 0 fully saturated rings. The lowest BCUT2D eigenvalue weighted by molar-refractivity contribution is 0.310. The molecule has 1 unspecified atom stereocenters. The molecular formula is C17H29N3O2. The molecule has 0 aromatic heterocycles. The second-order valence-electron chi connectivity index (χ2n) is 5.55. The first-order chi connectivity index (χ1) is 10.6. The number of ether oxygens (including phenoxy) is 2. The SMILES string of the molecule is CN=C(NCCCOc1ccc(OC)cc1)NC(C)C(C)C. The van der Waals surface area contributed by atoms with E-state index in [9.17, 15) is 0 Å². The minimum atomic E-state index is 0.391. The van der Waals surface area contributed by atoms with E-state index in [2.05, 4.69) is 36.4 Å². The minimum absolute atomic E-state index is 0.391. The zero-order valence-electron chi connectivity index (χ0n) is 14.3. The highest BCUT2D eigenvalue weighted by molar-refractivity contribution is 5.79. The Morgan fingerprint density at radius 1 is 1.14 bits per heavy atom. The summed E-state index contributed by atoms with van der Waals surface area (Å²) in [6, 6.07) is 8.01. The van der Waals surface area contributed by atoms with Gasteiger partial charge in [-0.2, -0.15) is 0 Å². The molecule has 1 rings (SSSR count). The van der Waals surface area contributed by atoms with E-state index >= 15 is 0 Å². The Balaban J connectivity index is 2.20. The summed E-state index contributed by atoms with van der Waals surface area (Å²) in [6.45, 7) is 8.02. The topological polar surface area (TPSA) is 54.9 Å². The molecule has 0 saturated carbocycles.